The van der Waals surface area contributed by atoms with Gasteiger partial charge in [0.15, 0.2) is 0 Å². The minimum absolute atomic E-state index is 0.234. The fraction of sp³-hybridized carbons (Fsp3) is 0.0769. The van der Waals surface area contributed by atoms with Crippen LogP contribution in [0.2, 0.25) is 0 Å². The molecule has 2 aromatic carbocycles. The van der Waals surface area contributed by atoms with Gasteiger partial charge in [0, 0.05) is 0 Å². The van der Waals surface area contributed by atoms with Gasteiger partial charge in [0.05, 0.1) is 5.75 Å². The Hall–Kier alpha value is -2.05. The number of halogens is 5. The highest BCUT2D eigenvalue weighted by Crippen LogP contribution is 2.20. The Morgan fingerprint density at radius 1 is 0.900 bits per heavy atom. The van der Waals surface area contributed by atoms with E-state index in [1.165, 1.54) is 18.2 Å². The molecule has 0 fully saturated rings. The van der Waals surface area contributed by atoms with Gasteiger partial charge in [0.2, 0.25) is 0 Å². The minimum atomic E-state index is -5.39. The first-order chi connectivity index (χ1) is 9.36. The molecule has 0 aliphatic carbocycles. The third-order valence-electron chi connectivity index (χ3n) is 2.61. The van der Waals surface area contributed by atoms with Crippen LogP contribution >= 0.6 is 0 Å². The van der Waals surface area contributed by atoms with E-state index in [1.54, 1.807) is 0 Å². The zero-order valence-electron chi connectivity index (χ0n) is 10.1. The van der Waals surface area contributed by atoms with Crippen molar-refractivity contribution in [2.75, 3.05) is 0 Å². The van der Waals surface area contributed by atoms with Crippen molar-refractivity contribution in [3.05, 3.63) is 59.7 Å². The van der Waals surface area contributed by atoms with E-state index in [9.17, 15) is 21.7 Å². The molecule has 106 valence electrons. The van der Waals surface area contributed by atoms with Crippen LogP contribution in [0.25, 0.3) is 0 Å². The molecule has 0 N–H and O–H groups in total. The van der Waals surface area contributed by atoms with E-state index in [1.807, 2.05) is 0 Å². The molecule has 7 heteroatoms. The highest BCUT2D eigenvalue weighted by molar-refractivity contribution is 6.74. The quantitative estimate of drug-likeness (QED) is 0.616. The Morgan fingerprint density at radius 2 is 1.60 bits per heavy atom. The molecular formula is C13H9BF5O-. The first kappa shape index (κ1) is 14.4. The van der Waals surface area contributed by atoms with E-state index in [0.717, 1.165) is 18.2 Å². The van der Waals surface area contributed by atoms with Crippen molar-refractivity contribution in [2.24, 2.45) is 0 Å². The van der Waals surface area contributed by atoms with Crippen LogP contribution in [-0.4, -0.2) is 6.98 Å². The second-order valence-corrected chi connectivity index (χ2v) is 4.18. The van der Waals surface area contributed by atoms with Crippen LogP contribution in [0.4, 0.5) is 21.7 Å². The molecule has 0 heterocycles. The molecular weight excluding hydrogens is 278 g/mol. The monoisotopic (exact) mass is 287 g/mol. The van der Waals surface area contributed by atoms with Crippen molar-refractivity contribution in [1.29, 1.82) is 0 Å². The molecule has 0 aliphatic rings. The average Bonchev–Trinajstić information content (AvgIpc) is 2.36. The van der Waals surface area contributed by atoms with E-state index in [0.29, 0.717) is 11.6 Å². The van der Waals surface area contributed by atoms with Crippen LogP contribution in [-0.2, 0) is 6.61 Å². The predicted molar refractivity (Wildman–Crippen MR) is 65.8 cm³/mol. The number of hydrogen-bond acceptors (Lipinski definition) is 1. The fourth-order valence-corrected chi connectivity index (χ4v) is 1.69. The van der Waals surface area contributed by atoms with E-state index in [2.05, 4.69) is 0 Å². The molecule has 0 saturated carbocycles. The lowest BCUT2D eigenvalue weighted by molar-refractivity contribution is 0.306. The fourth-order valence-electron chi connectivity index (χ4n) is 1.69. The maximum Gasteiger partial charge on any atom is 0.513 e. The molecule has 2 rings (SSSR count). The van der Waals surface area contributed by atoms with Crippen molar-refractivity contribution in [1.82, 2.24) is 0 Å². The molecule has 20 heavy (non-hydrogen) atoms. The van der Waals surface area contributed by atoms with Crippen molar-refractivity contribution in [3.8, 4) is 5.75 Å². The Labute approximate surface area is 112 Å². The predicted octanol–water partition coefficient (Wildman–Crippen LogP) is 3.60. The summed E-state index contributed by atoms with van der Waals surface area (Å²) in [5.41, 5.74) is -0.753. The van der Waals surface area contributed by atoms with E-state index in [-0.39, 0.29) is 6.61 Å². The van der Waals surface area contributed by atoms with Gasteiger partial charge in [-0.05, 0) is 35.9 Å². The van der Waals surface area contributed by atoms with E-state index >= 15 is 0 Å². The number of rotatable bonds is 4. The number of benzene rings is 2. The van der Waals surface area contributed by atoms with Crippen LogP contribution in [0.3, 0.4) is 0 Å². The smallest absolute Gasteiger partial charge is 0.492 e. The minimum Gasteiger partial charge on any atom is -0.492 e. The Bertz CT molecular complexity index is 612. The van der Waals surface area contributed by atoms with Crippen molar-refractivity contribution >= 4 is 12.4 Å². The van der Waals surface area contributed by atoms with E-state index in [4.69, 9.17) is 4.74 Å². The summed E-state index contributed by atoms with van der Waals surface area (Å²) in [5.74, 6) is -1.97. The third-order valence-corrected chi connectivity index (χ3v) is 2.61. The lowest BCUT2D eigenvalue weighted by Gasteiger charge is -2.20. The maximum atomic E-state index is 12.9. The highest BCUT2D eigenvalue weighted by atomic mass is 19.4. The summed E-state index contributed by atoms with van der Waals surface area (Å²) in [6, 6.07) is 7.50. The summed E-state index contributed by atoms with van der Waals surface area (Å²) in [6.45, 7) is -5.62. The largest absolute Gasteiger partial charge is 0.513 e. The zero-order chi connectivity index (χ0) is 14.8. The lowest BCUT2D eigenvalue weighted by atomic mass is 9.79. The number of ether oxygens (including phenoxy) is 1. The first-order valence-electron chi connectivity index (χ1n) is 5.73. The Morgan fingerprint density at radius 3 is 2.25 bits per heavy atom. The van der Waals surface area contributed by atoms with Gasteiger partial charge in [0.1, 0.15) is 18.2 Å². The molecule has 0 saturated heterocycles. The van der Waals surface area contributed by atoms with Crippen molar-refractivity contribution in [3.63, 3.8) is 0 Å². The van der Waals surface area contributed by atoms with Crippen LogP contribution in [0.1, 0.15) is 5.56 Å². The van der Waals surface area contributed by atoms with E-state index < -0.39 is 29.8 Å². The normalized spacial score (nSPS) is 11.4. The van der Waals surface area contributed by atoms with Gasteiger partial charge >= 0.3 is 6.98 Å². The van der Waals surface area contributed by atoms with Gasteiger partial charge in [-0.15, -0.1) is 0 Å². The highest BCUT2D eigenvalue weighted by Gasteiger charge is 2.29. The molecule has 0 spiro atoms. The second kappa shape index (κ2) is 5.52. The Balaban J connectivity index is 2.21. The van der Waals surface area contributed by atoms with Gasteiger partial charge in [-0.1, -0.05) is 17.6 Å². The van der Waals surface area contributed by atoms with Gasteiger partial charge < -0.3 is 17.7 Å². The summed E-state index contributed by atoms with van der Waals surface area (Å²) in [6.07, 6.45) is 0. The summed E-state index contributed by atoms with van der Waals surface area (Å²) in [7, 11) is 0. The first-order valence-corrected chi connectivity index (χ1v) is 5.73. The lowest BCUT2D eigenvalue weighted by Crippen LogP contribution is -2.35. The Kier molecular flexibility index (Phi) is 3.97. The van der Waals surface area contributed by atoms with Crippen LogP contribution in [0.15, 0.2) is 42.5 Å². The zero-order valence-corrected chi connectivity index (χ0v) is 10.1. The summed E-state index contributed by atoms with van der Waals surface area (Å²) < 4.78 is 69.2. The maximum absolute atomic E-state index is 12.9. The van der Waals surface area contributed by atoms with Gasteiger partial charge in [-0.25, -0.2) is 8.78 Å². The third kappa shape index (κ3) is 3.49. The van der Waals surface area contributed by atoms with Gasteiger partial charge in [-0.3, -0.25) is 0 Å². The summed E-state index contributed by atoms with van der Waals surface area (Å²) >= 11 is 0. The molecule has 0 aromatic heterocycles. The number of hydrogen-bond donors (Lipinski definition) is 0. The summed E-state index contributed by atoms with van der Waals surface area (Å²) in [5, 5.41) is 0. The molecule has 0 amide bonds. The van der Waals surface area contributed by atoms with Crippen LogP contribution in [0, 0.1) is 11.6 Å². The SMILES string of the molecule is Fc1cccc(COc2ccc(F)cc2[B-](F)(F)F)c1. The van der Waals surface area contributed by atoms with Gasteiger partial charge in [0.25, 0.3) is 0 Å². The van der Waals surface area contributed by atoms with Crippen LogP contribution < -0.4 is 10.2 Å². The van der Waals surface area contributed by atoms with Gasteiger partial charge in [-0.2, -0.15) is 0 Å². The van der Waals surface area contributed by atoms with Crippen molar-refractivity contribution in [2.45, 2.75) is 6.61 Å². The standard InChI is InChI=1S/C13H9BF5O/c15-10-3-1-2-9(6-10)8-20-13-5-4-11(16)7-12(13)14(17,18)19/h1-7H,8H2/q-1. The van der Waals surface area contributed by atoms with Crippen LogP contribution in [0.5, 0.6) is 5.75 Å². The molecule has 0 aliphatic heterocycles. The molecule has 0 radical (unpaired) electrons. The van der Waals surface area contributed by atoms with Crippen molar-refractivity contribution < 1.29 is 26.5 Å². The molecule has 2 aromatic rings. The molecule has 0 bridgehead atoms. The molecule has 0 unspecified atom stereocenters. The summed E-state index contributed by atoms with van der Waals surface area (Å²) in [4.78, 5) is 0. The molecule has 1 nitrogen and oxygen atoms in total. The molecule has 0 atom stereocenters. The topological polar surface area (TPSA) is 9.23 Å². The second-order valence-electron chi connectivity index (χ2n) is 4.18. The average molecular weight is 287 g/mol.